The highest BCUT2D eigenvalue weighted by Crippen LogP contribution is 2.34. The second kappa shape index (κ2) is 4.97. The van der Waals surface area contributed by atoms with Gasteiger partial charge < -0.3 is 14.4 Å². The summed E-state index contributed by atoms with van der Waals surface area (Å²) in [4.78, 5) is 0. The van der Waals surface area contributed by atoms with Gasteiger partial charge in [0, 0.05) is 18.1 Å². The first-order valence-electron chi connectivity index (χ1n) is 6.66. The van der Waals surface area contributed by atoms with Crippen LogP contribution in [-0.4, -0.2) is 32.6 Å². The van der Waals surface area contributed by atoms with Gasteiger partial charge in [0.1, 0.15) is 12.4 Å². The SMILES string of the molecule is CCC1OCCC1c1nnc(CO)n1C(C)(C)C. The number of hydrogen-bond acceptors (Lipinski definition) is 4. The highest BCUT2D eigenvalue weighted by Gasteiger charge is 2.35. The monoisotopic (exact) mass is 253 g/mol. The van der Waals surface area contributed by atoms with Crippen molar-refractivity contribution in [1.29, 1.82) is 0 Å². The molecule has 0 spiro atoms. The minimum Gasteiger partial charge on any atom is -0.388 e. The molecule has 1 N–H and O–H groups in total. The Kier molecular flexibility index (Phi) is 3.73. The van der Waals surface area contributed by atoms with Gasteiger partial charge in [0.25, 0.3) is 0 Å². The van der Waals surface area contributed by atoms with Crippen LogP contribution in [0.5, 0.6) is 0 Å². The molecule has 2 rings (SSSR count). The quantitative estimate of drug-likeness (QED) is 0.892. The molecule has 1 aliphatic rings. The van der Waals surface area contributed by atoms with Gasteiger partial charge in [-0.25, -0.2) is 0 Å². The van der Waals surface area contributed by atoms with Crippen LogP contribution in [0.4, 0.5) is 0 Å². The van der Waals surface area contributed by atoms with E-state index < -0.39 is 0 Å². The second-order valence-corrected chi connectivity index (χ2v) is 5.85. The Bertz CT molecular complexity index is 409. The zero-order valence-corrected chi connectivity index (χ0v) is 11.7. The van der Waals surface area contributed by atoms with Crippen molar-refractivity contribution in [3.8, 4) is 0 Å². The number of aromatic nitrogens is 3. The summed E-state index contributed by atoms with van der Waals surface area (Å²) in [6.07, 6.45) is 2.19. The molecule has 0 radical (unpaired) electrons. The zero-order chi connectivity index (χ0) is 13.3. The van der Waals surface area contributed by atoms with Gasteiger partial charge in [-0.3, -0.25) is 0 Å². The molecule has 1 aromatic rings. The van der Waals surface area contributed by atoms with Gasteiger partial charge in [0.05, 0.1) is 6.10 Å². The van der Waals surface area contributed by atoms with Gasteiger partial charge in [-0.2, -0.15) is 0 Å². The Hall–Kier alpha value is -0.940. The maximum atomic E-state index is 9.41. The van der Waals surface area contributed by atoms with E-state index in [1.54, 1.807) is 0 Å². The van der Waals surface area contributed by atoms with E-state index in [2.05, 4.69) is 42.5 Å². The van der Waals surface area contributed by atoms with Crippen molar-refractivity contribution in [3.63, 3.8) is 0 Å². The van der Waals surface area contributed by atoms with Crippen LogP contribution in [0.2, 0.25) is 0 Å². The van der Waals surface area contributed by atoms with Gasteiger partial charge in [0.2, 0.25) is 0 Å². The Morgan fingerprint density at radius 1 is 1.39 bits per heavy atom. The van der Waals surface area contributed by atoms with E-state index in [1.807, 2.05) is 0 Å². The fourth-order valence-corrected chi connectivity index (χ4v) is 2.75. The van der Waals surface area contributed by atoms with E-state index in [-0.39, 0.29) is 18.2 Å². The molecule has 1 saturated heterocycles. The molecule has 1 fully saturated rings. The van der Waals surface area contributed by atoms with Crippen molar-refractivity contribution in [2.45, 2.75) is 64.7 Å². The molecule has 0 aromatic carbocycles. The first-order chi connectivity index (χ1) is 8.49. The molecule has 2 heterocycles. The first kappa shape index (κ1) is 13.5. The molecule has 5 nitrogen and oxygen atoms in total. The van der Waals surface area contributed by atoms with E-state index in [1.165, 1.54) is 0 Å². The van der Waals surface area contributed by atoms with E-state index >= 15 is 0 Å². The van der Waals surface area contributed by atoms with Crippen molar-refractivity contribution in [2.75, 3.05) is 6.61 Å². The summed E-state index contributed by atoms with van der Waals surface area (Å²) in [5.74, 6) is 1.89. The molecule has 18 heavy (non-hydrogen) atoms. The molecule has 0 aliphatic carbocycles. The third kappa shape index (κ3) is 2.29. The predicted octanol–water partition coefficient (Wildman–Crippen LogP) is 1.81. The van der Waals surface area contributed by atoms with Crippen LogP contribution in [0.15, 0.2) is 0 Å². The molecule has 0 bridgehead atoms. The van der Waals surface area contributed by atoms with Crippen molar-refractivity contribution in [2.24, 2.45) is 0 Å². The Morgan fingerprint density at radius 2 is 2.11 bits per heavy atom. The average Bonchev–Trinajstić information content (AvgIpc) is 2.93. The summed E-state index contributed by atoms with van der Waals surface area (Å²) in [5.41, 5.74) is -0.127. The number of aliphatic hydroxyl groups is 1. The highest BCUT2D eigenvalue weighted by atomic mass is 16.5. The smallest absolute Gasteiger partial charge is 0.159 e. The zero-order valence-electron chi connectivity index (χ0n) is 11.7. The normalized spacial score (nSPS) is 24.7. The maximum absolute atomic E-state index is 9.41. The van der Waals surface area contributed by atoms with Crippen molar-refractivity contribution < 1.29 is 9.84 Å². The lowest BCUT2D eigenvalue weighted by Crippen LogP contribution is -2.29. The number of rotatable bonds is 3. The van der Waals surface area contributed by atoms with Gasteiger partial charge in [-0.15, -0.1) is 10.2 Å². The molecule has 5 heteroatoms. The molecule has 102 valence electrons. The number of nitrogens with zero attached hydrogens (tertiary/aromatic N) is 3. The van der Waals surface area contributed by atoms with Crippen LogP contribution in [0.3, 0.4) is 0 Å². The maximum Gasteiger partial charge on any atom is 0.159 e. The van der Waals surface area contributed by atoms with Crippen molar-refractivity contribution in [3.05, 3.63) is 11.6 Å². The van der Waals surface area contributed by atoms with Gasteiger partial charge in [0.15, 0.2) is 5.82 Å². The summed E-state index contributed by atoms with van der Waals surface area (Å²) in [5, 5.41) is 17.8. The van der Waals surface area contributed by atoms with Crippen LogP contribution < -0.4 is 0 Å². The fourth-order valence-electron chi connectivity index (χ4n) is 2.75. The Morgan fingerprint density at radius 3 is 2.67 bits per heavy atom. The minimum atomic E-state index is -0.127. The lowest BCUT2D eigenvalue weighted by atomic mass is 9.97. The molecular formula is C13H23N3O2. The molecule has 1 aliphatic heterocycles. The van der Waals surface area contributed by atoms with Crippen LogP contribution in [0.1, 0.15) is 58.1 Å². The van der Waals surface area contributed by atoms with E-state index in [0.29, 0.717) is 11.7 Å². The van der Waals surface area contributed by atoms with E-state index in [4.69, 9.17) is 4.74 Å². The number of ether oxygens (including phenoxy) is 1. The second-order valence-electron chi connectivity index (χ2n) is 5.85. The predicted molar refractivity (Wildman–Crippen MR) is 68.3 cm³/mol. The fraction of sp³-hybridized carbons (Fsp3) is 0.846. The summed E-state index contributed by atoms with van der Waals surface area (Å²) < 4.78 is 7.80. The molecule has 0 amide bonds. The van der Waals surface area contributed by atoms with Crippen molar-refractivity contribution in [1.82, 2.24) is 14.8 Å². The van der Waals surface area contributed by atoms with Gasteiger partial charge >= 0.3 is 0 Å². The molecule has 1 aromatic heterocycles. The highest BCUT2D eigenvalue weighted by molar-refractivity contribution is 5.09. The standard InChI is InChI=1S/C13H23N3O2/c1-5-10-9(6-7-18-10)12-15-14-11(8-17)16(12)13(2,3)4/h9-10,17H,5-8H2,1-4H3. The first-order valence-corrected chi connectivity index (χ1v) is 6.66. The molecule has 2 atom stereocenters. The third-order valence-electron chi connectivity index (χ3n) is 3.51. The van der Waals surface area contributed by atoms with Gasteiger partial charge in [-0.05, 0) is 33.6 Å². The Labute approximate surface area is 108 Å². The minimum absolute atomic E-state index is 0.0748. The summed E-state index contributed by atoms with van der Waals surface area (Å²) in [7, 11) is 0. The van der Waals surface area contributed by atoms with E-state index in [0.717, 1.165) is 25.3 Å². The van der Waals surface area contributed by atoms with Crippen LogP contribution in [-0.2, 0) is 16.9 Å². The van der Waals surface area contributed by atoms with Crippen molar-refractivity contribution >= 4 is 0 Å². The number of hydrogen-bond donors (Lipinski definition) is 1. The third-order valence-corrected chi connectivity index (χ3v) is 3.51. The topological polar surface area (TPSA) is 60.2 Å². The Balaban J connectivity index is 2.42. The number of aliphatic hydroxyl groups excluding tert-OH is 1. The summed E-state index contributed by atoms with van der Waals surface area (Å²) >= 11 is 0. The van der Waals surface area contributed by atoms with Crippen LogP contribution in [0, 0.1) is 0 Å². The van der Waals surface area contributed by atoms with Crippen LogP contribution in [0.25, 0.3) is 0 Å². The molecular weight excluding hydrogens is 230 g/mol. The molecule has 0 saturated carbocycles. The molecule has 2 unspecified atom stereocenters. The summed E-state index contributed by atoms with van der Waals surface area (Å²) in [6.45, 7) is 9.17. The summed E-state index contributed by atoms with van der Waals surface area (Å²) in [6, 6.07) is 0. The van der Waals surface area contributed by atoms with E-state index in [9.17, 15) is 5.11 Å². The van der Waals surface area contributed by atoms with Gasteiger partial charge in [-0.1, -0.05) is 6.92 Å². The van der Waals surface area contributed by atoms with Crippen LogP contribution >= 0.6 is 0 Å². The lowest BCUT2D eigenvalue weighted by Gasteiger charge is -2.27. The lowest BCUT2D eigenvalue weighted by molar-refractivity contribution is 0.0979. The largest absolute Gasteiger partial charge is 0.388 e. The average molecular weight is 253 g/mol.